The van der Waals surface area contributed by atoms with Crippen molar-refractivity contribution in [2.24, 2.45) is 0 Å². The number of rotatable bonds is 56. The van der Waals surface area contributed by atoms with Gasteiger partial charge in [0.25, 0.3) is 0 Å². The van der Waals surface area contributed by atoms with Crippen molar-refractivity contribution < 1.29 is 65.9 Å². The van der Waals surface area contributed by atoms with E-state index in [0.29, 0.717) is 150 Å². The first-order chi connectivity index (χ1) is 65.2. The van der Waals surface area contributed by atoms with Crippen molar-refractivity contribution in [2.75, 3.05) is 202 Å². The molecule has 54 heteroatoms. The summed E-state index contributed by atoms with van der Waals surface area (Å²) in [4.78, 5) is 97.3. The fourth-order valence-electron chi connectivity index (χ4n) is 10.2. The van der Waals surface area contributed by atoms with Crippen molar-refractivity contribution in [1.82, 2.24) is 171 Å². The number of carbonyl (C=O) groups is 8. The van der Waals surface area contributed by atoms with Crippen LogP contribution < -0.4 is 31.9 Å². The summed E-state index contributed by atoms with van der Waals surface area (Å²) in [6, 6.07) is 0. The van der Waals surface area contributed by atoms with Crippen molar-refractivity contribution >= 4 is 124 Å². The SMILES string of the molecule is C.C.C=S.CC(=O)CCOCCn1cc(C)nn1.CC(=O)Cn1cc(C)nn1.CNCCC(=O)N(C)CC(=O)NCCOCCn1cc(C)nn1.CNCCCn1cc(C)nn1.CNCCOCC(=O)N(C)CC(=O)CCCCn1cc(C)nn1.CNCCOCCn1cc(C)nn1.Cc1cn(CCCCC(=O)CN(C)C)nn1.Cc1cn(CCOCCNC(=O)CN(C)C)nn1.FS.S.[2H]S.[B]=S. The number of nitrogens with zero attached hydrogens (tertiary/aromatic N) is 28. The predicted molar refractivity (Wildman–Crippen MR) is 552 cm³/mol. The van der Waals surface area contributed by atoms with Gasteiger partial charge < -0.3 is 75.2 Å². The first-order valence-corrected chi connectivity index (χ1v) is 45.0. The fourth-order valence-corrected chi connectivity index (χ4v) is 10.2. The molecule has 0 atom stereocenters. The summed E-state index contributed by atoms with van der Waals surface area (Å²) in [5, 5.41) is 79.5. The molecule has 0 fully saturated rings. The van der Waals surface area contributed by atoms with Crippen molar-refractivity contribution in [3.8, 4) is 0 Å². The Morgan fingerprint density at radius 1 is 0.362 bits per heavy atom. The van der Waals surface area contributed by atoms with E-state index in [4.69, 9.17) is 24.8 Å². The Morgan fingerprint density at radius 2 is 0.645 bits per heavy atom. The van der Waals surface area contributed by atoms with Crippen LogP contribution >= 0.6 is 64.2 Å². The molecular weight excluding hydrogens is 1880 g/mol. The van der Waals surface area contributed by atoms with Crippen LogP contribution in [0.5, 0.6) is 0 Å². The van der Waals surface area contributed by atoms with Crippen LogP contribution in [-0.4, -0.2) is 402 Å². The van der Waals surface area contributed by atoms with E-state index in [-0.39, 0.29) is 89.0 Å². The number of thiol groups is 1. The third kappa shape index (κ3) is 85.8. The van der Waals surface area contributed by atoms with Gasteiger partial charge in [0.15, 0.2) is 11.6 Å². The van der Waals surface area contributed by atoms with Gasteiger partial charge in [-0.2, -0.15) is 30.8 Å². The van der Waals surface area contributed by atoms with E-state index >= 15 is 0 Å². The quantitative estimate of drug-likeness (QED) is 0.0125. The average Bonchev–Trinajstić information content (AvgIpc) is 1.77. The number of nitrogens with one attached hydrogen (secondary N) is 6. The number of likely N-dealkylation sites (N-methyl/N-ethyl adjacent to an activating group) is 6. The van der Waals surface area contributed by atoms with Crippen molar-refractivity contribution in [1.29, 1.82) is 1.12 Å². The number of carbonyl (C=O) groups excluding carboxylic acids is 8. The molecule has 8 aromatic heterocycles. The minimum absolute atomic E-state index is 0. The van der Waals surface area contributed by atoms with Crippen LogP contribution in [0.1, 0.15) is 132 Å². The number of halogens is 1. The standard InChI is InChI=1S/C15H27N5O3.C14H26N6O3.C11H21N5O2.C11H20N4O.C9H15N3O2.C8H16N4O.C7H14N4.C6H9N3O.CH2S.2CH4.BS.FHS.2H2S/c1-13-10-20(18-17-13)8-5-4-6-14(21)11-19(3)15(22)12-23-9-7-16-2;1-12-10-20(18-17-12)7-9-23-8-6-16-13(21)11-19(3)14(22)4-5-15-2;1-10-8-16(14-13-10)5-7-18-6-4-12-11(17)9-15(2)3;1-10-8-15(13-12-10)7-5-4-6-11(16)9-14(2)3;1-8-7-12(11-10-8)4-6-14-5-3-9(2)13;1-8-7-12(11-10-8)4-6-13-5-3-9-2;1-7-6-11(10-9-7)5-3-4-8-2;1-5-3-9(8-7-5)4-6(2)10;1-2;;;2*1-2;;/h10,16H,4-9,11-12H2,1-3H3;10,15H,4-9,11H2,1-3H3,(H,16,21);8H,4-7,9H2,1-3H3,(H,12,17);8H,4-7,9H2,1-3H3;7H,3-6H2,1-2H3;7,9H,3-6H2,1-2H3;6,8H,3-5H2,1-2H3;3H,4H2,1-2H3;1H2;2*1H4;;2H;2*1H2/i/hD. The first-order valence-electron chi connectivity index (χ1n) is 44.1. The zero-order valence-electron chi connectivity index (χ0n) is 84.5. The molecule has 0 saturated heterocycles. The van der Waals surface area contributed by atoms with Crippen molar-refractivity contribution in [3.05, 3.63) is 95.1 Å². The summed E-state index contributed by atoms with van der Waals surface area (Å²) in [5.41, 5.74) is 7.23. The number of aryl methyl sites for hydroxylation is 11. The zero-order valence-corrected chi connectivity index (χ0v) is 87.9. The van der Waals surface area contributed by atoms with E-state index in [0.717, 1.165) is 124 Å². The van der Waals surface area contributed by atoms with Gasteiger partial charge in [0.1, 0.15) is 24.7 Å². The Hall–Kier alpha value is -9.41. The van der Waals surface area contributed by atoms with Gasteiger partial charge in [-0.3, -0.25) is 52.4 Å². The molecule has 787 valence electrons. The van der Waals surface area contributed by atoms with Crippen LogP contribution in [0.4, 0.5) is 3.89 Å². The average molecular weight is 2050 g/mol. The molecule has 0 aliphatic heterocycles. The van der Waals surface area contributed by atoms with Crippen LogP contribution in [0.25, 0.3) is 0 Å². The van der Waals surface area contributed by atoms with Gasteiger partial charge in [0.05, 0.1) is 158 Å². The summed E-state index contributed by atoms with van der Waals surface area (Å²) in [7, 11) is 18.2. The number of Topliss-reactive ketones (excluding diaryl/α,β-unsaturated/α-hetero) is 4. The summed E-state index contributed by atoms with van der Waals surface area (Å²) < 4.78 is 55.2. The number of thiocarbonyl (C=S) groups is 1. The maximum atomic E-state index is 11.9. The zero-order chi connectivity index (χ0) is 103. The van der Waals surface area contributed by atoms with Gasteiger partial charge in [-0.05, 0) is 170 Å². The van der Waals surface area contributed by atoms with Crippen LogP contribution in [-0.2, 0) is 114 Å². The van der Waals surface area contributed by atoms with E-state index in [2.05, 4.69) is 165 Å². The molecule has 8 aromatic rings. The predicted octanol–water partition coefficient (Wildman–Crippen LogP) is 2.93. The molecule has 0 aliphatic rings. The summed E-state index contributed by atoms with van der Waals surface area (Å²) in [6.07, 6.45) is 21.6. The third-order valence-electron chi connectivity index (χ3n) is 16.6. The number of ketones is 4. The van der Waals surface area contributed by atoms with Gasteiger partial charge in [0, 0.05) is 155 Å². The molecule has 4 amide bonds. The number of amides is 4. The Morgan fingerprint density at radius 3 is 0.949 bits per heavy atom. The molecule has 138 heavy (non-hydrogen) atoms. The van der Waals surface area contributed by atoms with E-state index in [9.17, 15) is 42.2 Å². The Labute approximate surface area is 848 Å². The molecule has 0 unspecified atom stereocenters. The van der Waals surface area contributed by atoms with Gasteiger partial charge in [-0.25, -0.2) is 23.4 Å². The molecule has 0 aliphatic carbocycles. The molecule has 1 radical (unpaired) electrons. The van der Waals surface area contributed by atoms with E-state index in [1.54, 1.807) is 57.7 Å². The van der Waals surface area contributed by atoms with Gasteiger partial charge in [-0.1, -0.05) is 68.8 Å². The van der Waals surface area contributed by atoms with Crippen LogP contribution in [0, 0.1) is 55.4 Å². The molecule has 0 saturated carbocycles. The molecule has 8 heterocycles. The second-order valence-electron chi connectivity index (χ2n) is 30.3. The summed E-state index contributed by atoms with van der Waals surface area (Å²) >= 11 is 12.2. The van der Waals surface area contributed by atoms with Crippen molar-refractivity contribution in [3.63, 3.8) is 0 Å². The van der Waals surface area contributed by atoms with Gasteiger partial charge in [0.2, 0.25) is 23.6 Å². The van der Waals surface area contributed by atoms with E-state index in [1.807, 2.05) is 180 Å². The van der Waals surface area contributed by atoms with Crippen LogP contribution in [0.3, 0.4) is 0 Å². The van der Waals surface area contributed by atoms with Crippen LogP contribution in [0.2, 0.25) is 0 Å². The summed E-state index contributed by atoms with van der Waals surface area (Å²) in [5.74, 6) is 3.02. The molecule has 0 aromatic carbocycles. The molecular formula is C84H163BFN34O13S5. The number of ether oxygens (including phenoxy) is 5. The number of aromatic nitrogens is 24. The number of hydrogen-bond acceptors (Lipinski definition) is 38. The van der Waals surface area contributed by atoms with E-state index < -0.39 is 0 Å². The molecule has 6 N–H and O–H groups in total. The second-order valence-corrected chi connectivity index (χ2v) is 30.3. The summed E-state index contributed by atoms with van der Waals surface area (Å²) in [6.45, 7) is 38.2. The Kier molecular flexibility index (Phi) is 96.0. The maximum absolute atomic E-state index is 11.9. The number of unbranched alkanes of at least 4 members (excludes halogenated alkanes) is 2. The van der Waals surface area contributed by atoms with Crippen molar-refractivity contribution in [2.45, 2.75) is 194 Å². The first kappa shape index (κ1) is 139. The van der Waals surface area contributed by atoms with E-state index in [1.165, 1.54) is 21.4 Å². The molecule has 0 spiro atoms. The Bertz CT molecular complexity index is 4300. The second kappa shape index (κ2) is 95.2. The van der Waals surface area contributed by atoms with Gasteiger partial charge >= 0.3 is 18.8 Å². The number of hydrogen-bond donors (Lipinski definition) is 7. The molecule has 47 nitrogen and oxygen atoms in total. The normalized spacial score (nSPS) is 9.99. The minimum atomic E-state index is -0.194. The fraction of sp³-hybridized carbons (Fsp3) is 0.702. The van der Waals surface area contributed by atoms with Gasteiger partial charge in [-0.15, -0.1) is 40.8 Å². The topological polar surface area (TPSA) is 514 Å². The monoisotopic (exact) mass is 2050 g/mol. The third-order valence-corrected chi connectivity index (χ3v) is 16.6. The van der Waals surface area contributed by atoms with Crippen LogP contribution in [0.15, 0.2) is 49.6 Å². The molecule has 8 rings (SSSR count). The molecule has 0 bridgehead atoms. The Balaban J connectivity index is -0.000000286.